The summed E-state index contributed by atoms with van der Waals surface area (Å²) in [6.07, 6.45) is 0.857. The van der Waals surface area contributed by atoms with E-state index in [0.717, 1.165) is 12.3 Å². The van der Waals surface area contributed by atoms with E-state index in [1.165, 1.54) is 0 Å². The highest BCUT2D eigenvalue weighted by molar-refractivity contribution is 5.75. The summed E-state index contributed by atoms with van der Waals surface area (Å²) in [5, 5.41) is 17.9. The summed E-state index contributed by atoms with van der Waals surface area (Å²) in [5.41, 5.74) is -0.636. The zero-order valence-electron chi connectivity index (χ0n) is 8.43. The summed E-state index contributed by atoms with van der Waals surface area (Å²) in [7, 11) is 0. The van der Waals surface area contributed by atoms with E-state index >= 15 is 0 Å². The van der Waals surface area contributed by atoms with Crippen LogP contribution in [-0.4, -0.2) is 16.2 Å². The van der Waals surface area contributed by atoms with Crippen LogP contribution in [0.3, 0.4) is 0 Å². The standard InChI is InChI=1S/C10H12O5/c1-5(2)9(10(13)14)8-3-6(11)7(12)4-15-8/h3-5,9,12H,1-2H3,(H,13,14). The van der Waals surface area contributed by atoms with Crippen LogP contribution in [0.2, 0.25) is 0 Å². The topological polar surface area (TPSA) is 87.7 Å². The van der Waals surface area contributed by atoms with Gasteiger partial charge in [-0.3, -0.25) is 9.59 Å². The fraction of sp³-hybridized carbons (Fsp3) is 0.400. The minimum Gasteiger partial charge on any atom is -0.502 e. The molecule has 82 valence electrons. The van der Waals surface area contributed by atoms with Gasteiger partial charge in [0.2, 0.25) is 5.43 Å². The van der Waals surface area contributed by atoms with Gasteiger partial charge in [-0.15, -0.1) is 0 Å². The summed E-state index contributed by atoms with van der Waals surface area (Å²) in [4.78, 5) is 22.0. The first-order valence-corrected chi connectivity index (χ1v) is 4.48. The van der Waals surface area contributed by atoms with Crippen LogP contribution in [0.1, 0.15) is 25.5 Å². The molecule has 5 nitrogen and oxygen atoms in total. The van der Waals surface area contributed by atoms with E-state index in [2.05, 4.69) is 0 Å². The molecule has 0 aliphatic rings. The van der Waals surface area contributed by atoms with Crippen molar-refractivity contribution in [3.05, 3.63) is 28.3 Å². The molecular formula is C10H12O5. The van der Waals surface area contributed by atoms with Crippen LogP contribution in [0.4, 0.5) is 0 Å². The highest BCUT2D eigenvalue weighted by Gasteiger charge is 2.26. The monoisotopic (exact) mass is 212 g/mol. The minimum absolute atomic E-state index is 0.0558. The van der Waals surface area contributed by atoms with Gasteiger partial charge in [0.05, 0.1) is 0 Å². The largest absolute Gasteiger partial charge is 0.502 e. The lowest BCUT2D eigenvalue weighted by Gasteiger charge is -2.14. The average Bonchev–Trinajstić information content (AvgIpc) is 2.10. The molecule has 1 atom stereocenters. The van der Waals surface area contributed by atoms with Crippen molar-refractivity contribution >= 4 is 5.97 Å². The van der Waals surface area contributed by atoms with Gasteiger partial charge in [0.25, 0.3) is 0 Å². The van der Waals surface area contributed by atoms with Crippen molar-refractivity contribution in [2.45, 2.75) is 19.8 Å². The number of aromatic hydroxyl groups is 1. The number of hydrogen-bond donors (Lipinski definition) is 2. The molecule has 0 aliphatic heterocycles. The van der Waals surface area contributed by atoms with Gasteiger partial charge in [-0.25, -0.2) is 0 Å². The molecule has 0 bridgehead atoms. The van der Waals surface area contributed by atoms with E-state index in [4.69, 9.17) is 14.6 Å². The molecular weight excluding hydrogens is 200 g/mol. The van der Waals surface area contributed by atoms with Crippen molar-refractivity contribution in [3.8, 4) is 5.75 Å². The molecule has 1 aromatic heterocycles. The average molecular weight is 212 g/mol. The molecule has 2 N–H and O–H groups in total. The summed E-state index contributed by atoms with van der Waals surface area (Å²) < 4.78 is 4.89. The van der Waals surface area contributed by atoms with Gasteiger partial charge >= 0.3 is 5.97 Å². The molecule has 0 spiro atoms. The smallest absolute Gasteiger partial charge is 0.314 e. The fourth-order valence-electron chi connectivity index (χ4n) is 1.32. The van der Waals surface area contributed by atoms with Gasteiger partial charge in [-0.2, -0.15) is 0 Å². The molecule has 1 heterocycles. The first-order valence-electron chi connectivity index (χ1n) is 4.48. The predicted octanol–water partition coefficient (Wildman–Crippen LogP) is 1.17. The SMILES string of the molecule is CC(C)C(C(=O)O)c1cc(=O)c(O)co1. The lowest BCUT2D eigenvalue weighted by Crippen LogP contribution is -2.18. The number of carbonyl (C=O) groups is 1. The molecule has 0 fully saturated rings. The molecule has 0 aliphatic carbocycles. The van der Waals surface area contributed by atoms with Gasteiger partial charge in [-0.1, -0.05) is 13.8 Å². The van der Waals surface area contributed by atoms with Crippen molar-refractivity contribution in [1.82, 2.24) is 0 Å². The van der Waals surface area contributed by atoms with Crippen molar-refractivity contribution in [3.63, 3.8) is 0 Å². The summed E-state index contributed by atoms with van der Waals surface area (Å²) in [6, 6.07) is 1.01. The van der Waals surface area contributed by atoms with Crippen LogP contribution in [0.15, 0.2) is 21.5 Å². The molecule has 1 rings (SSSR count). The molecule has 0 saturated carbocycles. The van der Waals surface area contributed by atoms with Crippen molar-refractivity contribution in [1.29, 1.82) is 0 Å². The first-order chi connectivity index (χ1) is 6.93. The van der Waals surface area contributed by atoms with E-state index in [-0.39, 0.29) is 11.7 Å². The third-order valence-electron chi connectivity index (χ3n) is 2.07. The van der Waals surface area contributed by atoms with Crippen molar-refractivity contribution in [2.24, 2.45) is 5.92 Å². The van der Waals surface area contributed by atoms with Crippen molar-refractivity contribution < 1.29 is 19.4 Å². The molecule has 1 unspecified atom stereocenters. The maximum absolute atomic E-state index is 11.1. The molecule has 15 heavy (non-hydrogen) atoms. The number of aliphatic carboxylic acids is 1. The van der Waals surface area contributed by atoms with Gasteiger partial charge in [-0.05, 0) is 5.92 Å². The van der Waals surface area contributed by atoms with E-state index in [1.54, 1.807) is 13.8 Å². The number of rotatable bonds is 3. The van der Waals surface area contributed by atoms with Crippen LogP contribution in [0.25, 0.3) is 0 Å². The Morgan fingerprint density at radius 3 is 2.47 bits per heavy atom. The second-order valence-corrected chi connectivity index (χ2v) is 3.59. The first kappa shape index (κ1) is 11.3. The normalized spacial score (nSPS) is 12.7. The van der Waals surface area contributed by atoms with E-state index < -0.39 is 23.1 Å². The van der Waals surface area contributed by atoms with Crippen LogP contribution >= 0.6 is 0 Å². The van der Waals surface area contributed by atoms with Gasteiger partial charge in [0.1, 0.15) is 17.9 Å². The van der Waals surface area contributed by atoms with E-state index in [0.29, 0.717) is 0 Å². The van der Waals surface area contributed by atoms with Gasteiger partial charge in [0, 0.05) is 6.07 Å². The quantitative estimate of drug-likeness (QED) is 0.785. The van der Waals surface area contributed by atoms with Crippen molar-refractivity contribution in [2.75, 3.05) is 0 Å². The van der Waals surface area contributed by atoms with Crippen LogP contribution < -0.4 is 5.43 Å². The molecule has 0 aromatic carbocycles. The Balaban J connectivity index is 3.18. The highest BCUT2D eigenvalue weighted by Crippen LogP contribution is 2.24. The van der Waals surface area contributed by atoms with Gasteiger partial charge < -0.3 is 14.6 Å². The fourth-order valence-corrected chi connectivity index (χ4v) is 1.32. The molecule has 0 amide bonds. The Morgan fingerprint density at radius 2 is 2.07 bits per heavy atom. The number of carboxylic acid groups (broad SMARTS) is 1. The third kappa shape index (κ3) is 2.37. The maximum atomic E-state index is 11.1. The Morgan fingerprint density at radius 1 is 1.47 bits per heavy atom. The zero-order chi connectivity index (χ0) is 11.6. The van der Waals surface area contributed by atoms with E-state index in [1.807, 2.05) is 0 Å². The van der Waals surface area contributed by atoms with Crippen LogP contribution in [0.5, 0.6) is 5.75 Å². The van der Waals surface area contributed by atoms with Crippen LogP contribution in [0, 0.1) is 5.92 Å². The second kappa shape index (κ2) is 4.16. The zero-order valence-corrected chi connectivity index (χ0v) is 8.43. The van der Waals surface area contributed by atoms with Crippen LogP contribution in [-0.2, 0) is 4.79 Å². The number of hydrogen-bond acceptors (Lipinski definition) is 4. The molecule has 1 aromatic rings. The lowest BCUT2D eigenvalue weighted by atomic mass is 9.93. The van der Waals surface area contributed by atoms with E-state index in [9.17, 15) is 9.59 Å². The number of carboxylic acids is 1. The molecule has 5 heteroatoms. The summed E-state index contributed by atoms with van der Waals surface area (Å²) in [6.45, 7) is 3.43. The Kier molecular flexibility index (Phi) is 3.14. The summed E-state index contributed by atoms with van der Waals surface area (Å²) >= 11 is 0. The third-order valence-corrected chi connectivity index (χ3v) is 2.07. The lowest BCUT2D eigenvalue weighted by molar-refractivity contribution is -0.140. The molecule has 0 saturated heterocycles. The maximum Gasteiger partial charge on any atom is 0.314 e. The Hall–Kier alpha value is -1.78. The van der Waals surface area contributed by atoms with Gasteiger partial charge in [0.15, 0.2) is 5.75 Å². The molecule has 0 radical (unpaired) electrons. The predicted molar refractivity (Wildman–Crippen MR) is 51.9 cm³/mol. The second-order valence-electron chi connectivity index (χ2n) is 3.59. The summed E-state index contributed by atoms with van der Waals surface area (Å²) in [5.74, 6) is -2.60. The minimum atomic E-state index is -1.06. The highest BCUT2D eigenvalue weighted by atomic mass is 16.4. The Labute approximate surface area is 86.0 Å². The Bertz CT molecular complexity index is 418.